The molecule has 0 radical (unpaired) electrons. The fourth-order valence-electron chi connectivity index (χ4n) is 2.20. The molecule has 0 saturated heterocycles. The fraction of sp³-hybridized carbons (Fsp3) is 0.118. The number of tetrazole rings is 1. The molecule has 23 heavy (non-hydrogen) atoms. The maximum absolute atomic E-state index is 12.1. The zero-order valence-electron chi connectivity index (χ0n) is 12.5. The number of rotatable bonds is 4. The number of benzene rings is 2. The first kappa shape index (κ1) is 14.6. The third-order valence-electron chi connectivity index (χ3n) is 3.38. The summed E-state index contributed by atoms with van der Waals surface area (Å²) in [7, 11) is 1.54. The Balaban J connectivity index is 2.02. The molecule has 0 aliphatic heterocycles. The molecule has 0 spiro atoms. The molecular formula is C17H14N4O2. The van der Waals surface area contributed by atoms with Crippen LogP contribution in [0.1, 0.15) is 11.1 Å². The van der Waals surface area contributed by atoms with Gasteiger partial charge >= 0.3 is 5.69 Å². The van der Waals surface area contributed by atoms with E-state index < -0.39 is 0 Å². The number of hydrogen-bond donors (Lipinski definition) is 0. The Bertz CT molecular complexity index is 920. The number of ether oxygens (including phenoxy) is 1. The quantitative estimate of drug-likeness (QED) is 0.686. The van der Waals surface area contributed by atoms with Crippen molar-refractivity contribution in [2.24, 2.45) is 7.05 Å². The number of nitrogens with zero attached hydrogens (tertiary/aromatic N) is 4. The molecule has 0 aliphatic carbocycles. The summed E-state index contributed by atoms with van der Waals surface area (Å²) in [5.74, 6) is 3.34. The van der Waals surface area contributed by atoms with Crippen molar-refractivity contribution in [2.45, 2.75) is 6.61 Å². The van der Waals surface area contributed by atoms with E-state index in [0.717, 1.165) is 10.4 Å². The van der Waals surface area contributed by atoms with Crippen molar-refractivity contribution < 1.29 is 4.74 Å². The molecule has 0 N–H and O–H groups in total. The molecule has 0 fully saturated rings. The van der Waals surface area contributed by atoms with E-state index in [-0.39, 0.29) is 12.3 Å². The Morgan fingerprint density at radius 1 is 1.13 bits per heavy atom. The van der Waals surface area contributed by atoms with Crippen molar-refractivity contribution in [3.63, 3.8) is 0 Å². The van der Waals surface area contributed by atoms with Crippen LogP contribution in [0, 0.1) is 12.3 Å². The second-order valence-electron chi connectivity index (χ2n) is 4.85. The Labute approximate surface area is 132 Å². The molecule has 6 nitrogen and oxygen atoms in total. The topological polar surface area (TPSA) is 61.9 Å². The number of aromatic nitrogens is 4. The van der Waals surface area contributed by atoms with Crippen LogP contribution in [0.25, 0.3) is 5.69 Å². The first-order chi connectivity index (χ1) is 11.2. The molecular weight excluding hydrogens is 292 g/mol. The van der Waals surface area contributed by atoms with Gasteiger partial charge in [0.05, 0.1) is 5.69 Å². The molecule has 0 saturated carbocycles. The van der Waals surface area contributed by atoms with E-state index in [9.17, 15) is 4.79 Å². The molecule has 0 unspecified atom stereocenters. The van der Waals surface area contributed by atoms with Gasteiger partial charge in [-0.2, -0.15) is 9.36 Å². The first-order valence-corrected chi connectivity index (χ1v) is 6.96. The van der Waals surface area contributed by atoms with Gasteiger partial charge in [-0.1, -0.05) is 30.2 Å². The summed E-state index contributed by atoms with van der Waals surface area (Å²) >= 11 is 0. The van der Waals surface area contributed by atoms with E-state index >= 15 is 0 Å². The summed E-state index contributed by atoms with van der Waals surface area (Å²) < 4.78 is 8.15. The van der Waals surface area contributed by atoms with Gasteiger partial charge in [-0.15, -0.1) is 6.42 Å². The summed E-state index contributed by atoms with van der Waals surface area (Å²) in [6.45, 7) is 0.225. The third-order valence-corrected chi connectivity index (χ3v) is 3.38. The van der Waals surface area contributed by atoms with Crippen LogP contribution in [-0.2, 0) is 13.7 Å². The van der Waals surface area contributed by atoms with Gasteiger partial charge in [-0.25, -0.2) is 4.79 Å². The van der Waals surface area contributed by atoms with E-state index in [0.29, 0.717) is 16.8 Å². The second-order valence-corrected chi connectivity index (χ2v) is 4.85. The normalized spacial score (nSPS) is 10.3. The van der Waals surface area contributed by atoms with E-state index in [1.54, 1.807) is 18.2 Å². The molecule has 6 heteroatoms. The third kappa shape index (κ3) is 2.85. The number of aryl methyl sites for hydroxylation is 1. The van der Waals surface area contributed by atoms with Gasteiger partial charge in [-0.05, 0) is 34.7 Å². The standard InChI is InChI=1S/C17H14N4O2/c1-3-13-8-7-11-16(21-17(22)20(2)18-19-21)15(13)12-23-14-9-5-4-6-10-14/h1,4-11H,12H2,2H3. The second kappa shape index (κ2) is 6.20. The Kier molecular flexibility index (Phi) is 3.93. The van der Waals surface area contributed by atoms with Gasteiger partial charge in [-0.3, -0.25) is 0 Å². The number of hydrogen-bond acceptors (Lipinski definition) is 4. The largest absolute Gasteiger partial charge is 0.489 e. The van der Waals surface area contributed by atoms with Crippen molar-refractivity contribution in [1.29, 1.82) is 0 Å². The van der Waals surface area contributed by atoms with E-state index in [2.05, 4.69) is 16.3 Å². The maximum atomic E-state index is 12.1. The van der Waals surface area contributed by atoms with Crippen molar-refractivity contribution in [3.05, 3.63) is 70.1 Å². The molecule has 3 rings (SSSR count). The summed E-state index contributed by atoms with van der Waals surface area (Å²) in [5.41, 5.74) is 1.58. The minimum Gasteiger partial charge on any atom is -0.489 e. The lowest BCUT2D eigenvalue weighted by atomic mass is 10.1. The summed E-state index contributed by atoms with van der Waals surface area (Å²) in [5, 5.41) is 7.60. The van der Waals surface area contributed by atoms with Crippen LogP contribution in [0.4, 0.5) is 0 Å². The summed E-state index contributed by atoms with van der Waals surface area (Å²) in [6.07, 6.45) is 5.58. The average Bonchev–Trinajstić information content (AvgIpc) is 2.92. The number of para-hydroxylation sites is 1. The van der Waals surface area contributed by atoms with Gasteiger partial charge in [0, 0.05) is 18.2 Å². The van der Waals surface area contributed by atoms with Crippen molar-refractivity contribution in [1.82, 2.24) is 19.8 Å². The highest BCUT2D eigenvalue weighted by atomic mass is 16.5. The van der Waals surface area contributed by atoms with Crippen molar-refractivity contribution >= 4 is 0 Å². The van der Waals surface area contributed by atoms with Crippen LogP contribution >= 0.6 is 0 Å². The molecule has 114 valence electrons. The SMILES string of the molecule is C#Cc1cccc(-n2nnn(C)c2=O)c1COc1ccccc1. The van der Waals surface area contributed by atoms with Gasteiger partial charge < -0.3 is 4.74 Å². The lowest BCUT2D eigenvalue weighted by Crippen LogP contribution is -2.23. The minimum atomic E-state index is -0.347. The van der Waals surface area contributed by atoms with Gasteiger partial charge in [0.2, 0.25) is 0 Å². The predicted molar refractivity (Wildman–Crippen MR) is 85.3 cm³/mol. The predicted octanol–water partition coefficient (Wildman–Crippen LogP) is 1.53. The molecule has 0 amide bonds. The van der Waals surface area contributed by atoms with Crippen LogP contribution in [0.3, 0.4) is 0 Å². The van der Waals surface area contributed by atoms with Crippen LogP contribution < -0.4 is 10.4 Å². The lowest BCUT2D eigenvalue weighted by molar-refractivity contribution is 0.305. The first-order valence-electron chi connectivity index (χ1n) is 6.96. The molecule has 2 aromatic carbocycles. The Morgan fingerprint density at radius 3 is 2.57 bits per heavy atom. The molecule has 1 aromatic heterocycles. The molecule has 0 aliphatic rings. The Hall–Kier alpha value is -3.33. The van der Waals surface area contributed by atoms with Crippen LogP contribution in [-0.4, -0.2) is 19.8 Å². The van der Waals surface area contributed by atoms with E-state index in [4.69, 9.17) is 11.2 Å². The van der Waals surface area contributed by atoms with Gasteiger partial charge in [0.25, 0.3) is 0 Å². The highest BCUT2D eigenvalue weighted by molar-refractivity contribution is 5.51. The van der Waals surface area contributed by atoms with E-state index in [1.165, 1.54) is 11.7 Å². The minimum absolute atomic E-state index is 0.225. The van der Waals surface area contributed by atoms with Gasteiger partial charge in [0.15, 0.2) is 0 Å². The highest BCUT2D eigenvalue weighted by Gasteiger charge is 2.14. The van der Waals surface area contributed by atoms with Crippen molar-refractivity contribution in [3.8, 4) is 23.8 Å². The van der Waals surface area contributed by atoms with Crippen LogP contribution in [0.2, 0.25) is 0 Å². The summed E-state index contributed by atoms with van der Waals surface area (Å²) in [4.78, 5) is 12.1. The smallest absolute Gasteiger partial charge is 0.368 e. The highest BCUT2D eigenvalue weighted by Crippen LogP contribution is 2.20. The molecule has 0 atom stereocenters. The fourth-order valence-corrected chi connectivity index (χ4v) is 2.20. The molecule has 3 aromatic rings. The van der Waals surface area contributed by atoms with Crippen LogP contribution in [0.15, 0.2) is 53.3 Å². The lowest BCUT2D eigenvalue weighted by Gasteiger charge is -2.12. The van der Waals surface area contributed by atoms with Crippen LogP contribution in [0.5, 0.6) is 5.75 Å². The maximum Gasteiger partial charge on any atom is 0.368 e. The monoisotopic (exact) mass is 306 g/mol. The number of terminal acetylenes is 1. The molecule has 1 heterocycles. The van der Waals surface area contributed by atoms with Crippen molar-refractivity contribution in [2.75, 3.05) is 0 Å². The molecule has 0 bridgehead atoms. The Morgan fingerprint density at radius 2 is 1.91 bits per heavy atom. The average molecular weight is 306 g/mol. The zero-order chi connectivity index (χ0) is 16.2. The zero-order valence-corrected chi connectivity index (χ0v) is 12.5. The van der Waals surface area contributed by atoms with E-state index in [1.807, 2.05) is 30.3 Å². The van der Waals surface area contributed by atoms with Gasteiger partial charge in [0.1, 0.15) is 12.4 Å². The summed E-state index contributed by atoms with van der Waals surface area (Å²) in [6, 6.07) is 14.7.